The van der Waals surface area contributed by atoms with Crippen molar-refractivity contribution in [3.05, 3.63) is 38.8 Å². The average molecular weight is 284 g/mol. The number of nitrogens with zero attached hydrogens (tertiary/aromatic N) is 2. The number of fused-ring (bicyclic) bond motifs is 1. The Morgan fingerprint density at radius 3 is 2.68 bits per heavy atom. The van der Waals surface area contributed by atoms with Crippen LogP contribution in [0.5, 0.6) is 0 Å². The fourth-order valence-corrected chi connectivity index (χ4v) is 2.07. The van der Waals surface area contributed by atoms with E-state index in [9.17, 15) is 23.3 Å². The van der Waals surface area contributed by atoms with Crippen molar-refractivity contribution in [2.45, 2.75) is 0 Å². The van der Waals surface area contributed by atoms with Crippen molar-refractivity contribution in [3.63, 3.8) is 0 Å². The first kappa shape index (κ1) is 13.0. The van der Waals surface area contributed by atoms with E-state index >= 15 is 0 Å². The fraction of sp³-hybridized carbons (Fsp3) is 0.111. The molecular weight excluding hydrogens is 276 g/mol. The molecule has 2 aromatic rings. The molecule has 0 aliphatic rings. The minimum atomic E-state index is -3.66. The molecule has 0 saturated heterocycles. The zero-order valence-corrected chi connectivity index (χ0v) is 10.4. The van der Waals surface area contributed by atoms with Crippen molar-refractivity contribution in [1.29, 1.82) is 0 Å². The van der Waals surface area contributed by atoms with Crippen LogP contribution in [0.15, 0.2) is 23.1 Å². The molecule has 0 bridgehead atoms. The van der Waals surface area contributed by atoms with Gasteiger partial charge in [-0.3, -0.25) is 19.6 Å². The van der Waals surface area contributed by atoms with E-state index in [1.807, 2.05) is 4.72 Å². The average Bonchev–Trinajstić information content (AvgIpc) is 2.26. The highest BCUT2D eigenvalue weighted by atomic mass is 32.2. The van der Waals surface area contributed by atoms with Crippen LogP contribution in [0.3, 0.4) is 0 Å². The summed E-state index contributed by atoms with van der Waals surface area (Å²) in [7, 11) is -3.66. The van der Waals surface area contributed by atoms with Gasteiger partial charge in [0.25, 0.3) is 11.2 Å². The summed E-state index contributed by atoms with van der Waals surface area (Å²) >= 11 is 0. The molecule has 0 unspecified atom stereocenters. The van der Waals surface area contributed by atoms with Gasteiger partial charge in [0, 0.05) is 6.07 Å². The molecule has 1 aromatic carbocycles. The molecule has 10 heteroatoms. The normalized spacial score (nSPS) is 11.4. The number of benzene rings is 1. The van der Waals surface area contributed by atoms with Crippen LogP contribution >= 0.6 is 0 Å². The highest BCUT2D eigenvalue weighted by Gasteiger charge is 2.18. The van der Waals surface area contributed by atoms with Crippen LogP contribution in [0.25, 0.3) is 11.0 Å². The van der Waals surface area contributed by atoms with Gasteiger partial charge in [-0.25, -0.2) is 13.4 Å². The molecule has 0 fully saturated rings. The summed E-state index contributed by atoms with van der Waals surface area (Å²) in [6, 6.07) is 2.24. The van der Waals surface area contributed by atoms with Gasteiger partial charge in [-0.2, -0.15) is 0 Å². The zero-order chi connectivity index (χ0) is 14.2. The number of rotatable bonds is 3. The Morgan fingerprint density at radius 2 is 2.11 bits per heavy atom. The molecule has 0 aliphatic heterocycles. The second-order valence-corrected chi connectivity index (χ2v) is 5.51. The molecule has 19 heavy (non-hydrogen) atoms. The Kier molecular flexibility index (Phi) is 2.94. The number of nitrogens with one attached hydrogen (secondary N) is 2. The number of aromatic amines is 1. The van der Waals surface area contributed by atoms with E-state index < -0.39 is 26.2 Å². The van der Waals surface area contributed by atoms with Gasteiger partial charge in [0.05, 0.1) is 28.4 Å². The van der Waals surface area contributed by atoms with Crippen molar-refractivity contribution >= 4 is 32.4 Å². The van der Waals surface area contributed by atoms with E-state index in [-0.39, 0.29) is 16.7 Å². The molecule has 9 nitrogen and oxygen atoms in total. The maximum Gasteiger partial charge on any atom is 0.295 e. The molecule has 100 valence electrons. The first-order valence-corrected chi connectivity index (χ1v) is 6.81. The predicted octanol–water partition coefficient (Wildman–Crippen LogP) is 0.203. The zero-order valence-electron chi connectivity index (χ0n) is 9.58. The topological polar surface area (TPSA) is 135 Å². The van der Waals surface area contributed by atoms with Crippen LogP contribution in [0.2, 0.25) is 0 Å². The Hall–Kier alpha value is -2.49. The van der Waals surface area contributed by atoms with E-state index in [4.69, 9.17) is 0 Å². The molecule has 2 rings (SSSR count). The predicted molar refractivity (Wildman–Crippen MR) is 67.5 cm³/mol. The van der Waals surface area contributed by atoms with Gasteiger partial charge in [-0.1, -0.05) is 0 Å². The Labute approximate surface area is 106 Å². The van der Waals surface area contributed by atoms with Crippen molar-refractivity contribution < 1.29 is 13.3 Å². The highest BCUT2D eigenvalue weighted by Crippen LogP contribution is 2.28. The third-order valence-electron chi connectivity index (χ3n) is 2.18. The molecule has 1 heterocycles. The van der Waals surface area contributed by atoms with Gasteiger partial charge in [0.15, 0.2) is 0 Å². The lowest BCUT2D eigenvalue weighted by atomic mass is 10.2. The van der Waals surface area contributed by atoms with Crippen LogP contribution in [-0.4, -0.2) is 29.6 Å². The van der Waals surface area contributed by atoms with E-state index in [1.165, 1.54) is 6.07 Å². The summed E-state index contributed by atoms with van der Waals surface area (Å²) in [5, 5.41) is 10.9. The number of nitro benzene ring substituents is 1. The lowest BCUT2D eigenvalue weighted by Gasteiger charge is -2.06. The van der Waals surface area contributed by atoms with Gasteiger partial charge in [0.2, 0.25) is 10.0 Å². The molecule has 0 amide bonds. The maximum absolute atomic E-state index is 11.2. The molecule has 0 atom stereocenters. The van der Waals surface area contributed by atoms with E-state index in [2.05, 4.69) is 9.97 Å². The lowest BCUT2D eigenvalue weighted by molar-refractivity contribution is -0.383. The first-order chi connectivity index (χ1) is 8.76. The van der Waals surface area contributed by atoms with Crippen LogP contribution in [0.4, 0.5) is 11.4 Å². The minimum Gasteiger partial charge on any atom is -0.319 e. The third-order valence-corrected chi connectivity index (χ3v) is 2.78. The third kappa shape index (κ3) is 2.85. The van der Waals surface area contributed by atoms with Gasteiger partial charge in [0.1, 0.15) is 5.69 Å². The summed E-state index contributed by atoms with van der Waals surface area (Å²) in [6.07, 6.45) is 1.87. The Balaban J connectivity index is 2.74. The molecule has 0 saturated carbocycles. The van der Waals surface area contributed by atoms with Crippen molar-refractivity contribution in [3.8, 4) is 0 Å². The van der Waals surface area contributed by atoms with Crippen molar-refractivity contribution in [1.82, 2.24) is 9.97 Å². The Morgan fingerprint density at radius 1 is 1.42 bits per heavy atom. The first-order valence-electron chi connectivity index (χ1n) is 4.91. The van der Waals surface area contributed by atoms with Crippen molar-refractivity contribution in [2.24, 2.45) is 0 Å². The molecular formula is C9H8N4O5S. The molecule has 0 aliphatic carbocycles. The summed E-state index contributed by atoms with van der Waals surface area (Å²) < 4.78 is 24.3. The number of nitro groups is 1. The molecule has 0 spiro atoms. The van der Waals surface area contributed by atoms with E-state index in [0.29, 0.717) is 0 Å². The highest BCUT2D eigenvalue weighted by molar-refractivity contribution is 7.92. The van der Waals surface area contributed by atoms with E-state index in [1.54, 1.807) is 0 Å². The van der Waals surface area contributed by atoms with Gasteiger partial charge in [-0.05, 0) is 6.07 Å². The van der Waals surface area contributed by atoms with Crippen LogP contribution < -0.4 is 10.3 Å². The lowest BCUT2D eigenvalue weighted by Crippen LogP contribution is -2.12. The largest absolute Gasteiger partial charge is 0.319 e. The number of hydrogen-bond acceptors (Lipinski definition) is 6. The van der Waals surface area contributed by atoms with Crippen LogP contribution in [0.1, 0.15) is 0 Å². The minimum absolute atomic E-state index is 0.151. The van der Waals surface area contributed by atoms with Gasteiger partial charge in [-0.15, -0.1) is 0 Å². The number of aromatic nitrogens is 2. The molecule has 0 radical (unpaired) electrons. The molecule has 1 aromatic heterocycles. The smallest absolute Gasteiger partial charge is 0.295 e. The number of H-pyrrole nitrogens is 1. The summed E-state index contributed by atoms with van der Waals surface area (Å²) in [5.74, 6) is 0. The monoisotopic (exact) mass is 284 g/mol. The van der Waals surface area contributed by atoms with Gasteiger partial charge >= 0.3 is 0 Å². The quantitative estimate of drug-likeness (QED) is 0.610. The standard InChI is InChI=1S/C9H8N4O5S/c1-19(17,18)12-7-2-5-6(3-8(7)13(15)16)11-9(14)4-10-5/h2-4,12H,1H3,(H,11,14). The maximum atomic E-state index is 11.2. The van der Waals surface area contributed by atoms with E-state index in [0.717, 1.165) is 18.5 Å². The second-order valence-electron chi connectivity index (χ2n) is 3.77. The van der Waals surface area contributed by atoms with Gasteiger partial charge < -0.3 is 4.98 Å². The summed E-state index contributed by atoms with van der Waals surface area (Å²) in [5.41, 5.74) is -0.804. The van der Waals surface area contributed by atoms with Crippen LogP contribution in [0, 0.1) is 10.1 Å². The number of anilines is 1. The Bertz CT molecular complexity index is 826. The second kappa shape index (κ2) is 4.31. The number of sulfonamides is 1. The summed E-state index contributed by atoms with van der Waals surface area (Å²) in [6.45, 7) is 0. The SMILES string of the molecule is CS(=O)(=O)Nc1cc2ncc(=O)[nH]c2cc1[N+](=O)[O-]. The number of hydrogen-bond donors (Lipinski definition) is 2. The molecule has 2 N–H and O–H groups in total. The fourth-order valence-electron chi connectivity index (χ4n) is 1.51. The van der Waals surface area contributed by atoms with Crippen molar-refractivity contribution in [2.75, 3.05) is 11.0 Å². The summed E-state index contributed by atoms with van der Waals surface area (Å²) in [4.78, 5) is 27.4. The van der Waals surface area contributed by atoms with Crippen LogP contribution in [-0.2, 0) is 10.0 Å².